The summed E-state index contributed by atoms with van der Waals surface area (Å²) >= 11 is 0. The van der Waals surface area contributed by atoms with E-state index in [2.05, 4.69) is 22.2 Å². The van der Waals surface area contributed by atoms with Gasteiger partial charge in [0.25, 0.3) is 5.91 Å². The lowest BCUT2D eigenvalue weighted by Crippen LogP contribution is -2.68. The number of carbonyl (C=O) groups is 4. The van der Waals surface area contributed by atoms with Crippen LogP contribution in [0.3, 0.4) is 0 Å². The summed E-state index contributed by atoms with van der Waals surface area (Å²) in [5.74, 6) is -3.11. The monoisotopic (exact) mass is 805 g/mol. The van der Waals surface area contributed by atoms with E-state index in [0.29, 0.717) is 24.0 Å². The van der Waals surface area contributed by atoms with Crippen molar-refractivity contribution in [2.45, 2.75) is 94.1 Å². The highest BCUT2D eigenvalue weighted by molar-refractivity contribution is 7.92. The van der Waals surface area contributed by atoms with E-state index in [9.17, 15) is 36.0 Å². The van der Waals surface area contributed by atoms with Crippen LogP contribution in [-0.4, -0.2) is 111 Å². The van der Waals surface area contributed by atoms with Gasteiger partial charge in [0.2, 0.25) is 17.7 Å². The number of fused-ring (bicyclic) bond motifs is 1. The number of nitrogens with one attached hydrogen (secondary N) is 3. The average molecular weight is 806 g/mol. The number of sulfone groups is 1. The van der Waals surface area contributed by atoms with Crippen molar-refractivity contribution in [1.29, 1.82) is 0 Å². The second kappa shape index (κ2) is 15.1. The lowest BCUT2D eigenvalue weighted by atomic mass is 9.73. The number of aromatic nitrogens is 1. The van der Waals surface area contributed by atoms with Crippen LogP contribution in [0.2, 0.25) is 0 Å². The number of nitrogens with zero attached hydrogens (tertiary/aromatic N) is 2. The zero-order chi connectivity index (χ0) is 40.7. The summed E-state index contributed by atoms with van der Waals surface area (Å²) in [5.41, 5.74) is -2.97. The number of likely N-dealkylation sites (tertiary alicyclic amines) is 1. The number of ether oxygens (including phenoxy) is 3. The van der Waals surface area contributed by atoms with Gasteiger partial charge in [-0.15, -0.1) is 6.58 Å². The van der Waals surface area contributed by atoms with Gasteiger partial charge < -0.3 is 29.7 Å². The summed E-state index contributed by atoms with van der Waals surface area (Å²) < 4.78 is 73.4. The molecule has 1 unspecified atom stereocenters. The molecule has 2 aliphatic carbocycles. The Morgan fingerprint density at radius 2 is 1.75 bits per heavy atom. The smallest absolute Gasteiger partial charge is 0.408 e. The van der Waals surface area contributed by atoms with E-state index in [4.69, 9.17) is 18.4 Å². The minimum Gasteiger partial charge on any atom is -0.497 e. The molecule has 2 heterocycles. The van der Waals surface area contributed by atoms with Crippen LogP contribution < -0.4 is 24.8 Å². The third kappa shape index (κ3) is 9.05. The summed E-state index contributed by atoms with van der Waals surface area (Å²) in [7, 11) is -7.10. The molecule has 1 saturated heterocycles. The molecule has 1 saturated carbocycles. The van der Waals surface area contributed by atoms with Gasteiger partial charge in [0.1, 0.15) is 35.1 Å². The Morgan fingerprint density at radius 3 is 2.31 bits per heavy atom. The van der Waals surface area contributed by atoms with Crippen LogP contribution in [0.15, 0.2) is 55.3 Å². The first kappa shape index (κ1) is 41.4. The molecule has 0 spiro atoms. The largest absolute Gasteiger partial charge is 0.497 e. The van der Waals surface area contributed by atoms with Gasteiger partial charge in [0, 0.05) is 30.2 Å². The molecule has 0 radical (unpaired) electrons. The first-order chi connectivity index (χ1) is 25.5. The normalized spacial score (nSPS) is 23.3. The highest BCUT2D eigenvalue weighted by Gasteiger charge is 2.54. The predicted molar refractivity (Wildman–Crippen MR) is 200 cm³/mol. The Kier molecular flexibility index (Phi) is 11.3. The van der Waals surface area contributed by atoms with E-state index in [1.807, 2.05) is 4.72 Å². The SMILES string of the molecule is C=CC1C=C[C@]1(NC(=O)[C@@H]1C[C@@H](Oc2nccc3cc(OC)ccc23)CN1C(=O)[C@@H](NC(=O)OC(C)(C)C)C(C)(C)S(C)(=O)=O)C(=O)NS(=O)(=O)OC1CC1. The molecular formula is C36H47N5O12S2. The number of amides is 4. The number of hydrogen-bond donors (Lipinski definition) is 3. The van der Waals surface area contributed by atoms with Crippen LogP contribution >= 0.6 is 0 Å². The Bertz CT molecular complexity index is 2130. The van der Waals surface area contributed by atoms with Crippen molar-refractivity contribution in [3.8, 4) is 11.6 Å². The molecule has 0 bridgehead atoms. The molecular weight excluding hydrogens is 759 g/mol. The molecule has 1 aromatic heterocycles. The van der Waals surface area contributed by atoms with Gasteiger partial charge in [-0.25, -0.2) is 22.9 Å². The van der Waals surface area contributed by atoms with E-state index < -0.39 is 90.1 Å². The molecule has 4 amide bonds. The number of rotatable bonds is 14. The first-order valence-corrected chi connectivity index (χ1v) is 20.8. The van der Waals surface area contributed by atoms with Crippen LogP contribution in [0.1, 0.15) is 53.9 Å². The lowest BCUT2D eigenvalue weighted by molar-refractivity contribution is -0.142. The quantitative estimate of drug-likeness (QED) is 0.233. The van der Waals surface area contributed by atoms with Gasteiger partial charge in [0.05, 0.1) is 24.5 Å². The number of pyridine rings is 1. The van der Waals surface area contributed by atoms with E-state index in [-0.39, 0.29) is 18.8 Å². The van der Waals surface area contributed by atoms with Crippen LogP contribution in [-0.2, 0) is 43.4 Å². The standard InChI is InChI=1S/C36H47N5O12S2/c1-9-22-14-16-36(22,32(44)40-55(48,49)53-23-10-11-23)39-29(42)27-19-25(51-30-26-13-12-24(50-7)18-21(26)15-17-37-30)20-41(27)31(43)28(35(5,6)54(8,46)47)38-33(45)52-34(2,3)4/h9,12-18,22-23,25,27-28H,1,10-11,19-20H2,2-8H3,(H,38,45)(H,39,42)(H,40,44)/t22?,25-,27+,28-,36-/m1/s1. The van der Waals surface area contributed by atoms with Crippen molar-refractivity contribution in [3.63, 3.8) is 0 Å². The molecule has 55 heavy (non-hydrogen) atoms. The maximum atomic E-state index is 14.7. The van der Waals surface area contributed by atoms with Crippen molar-refractivity contribution in [2.75, 3.05) is 19.9 Å². The fourth-order valence-corrected chi connectivity index (χ4v) is 7.73. The second-order valence-electron chi connectivity index (χ2n) is 15.3. The van der Waals surface area contributed by atoms with Gasteiger partial charge in [-0.2, -0.15) is 8.42 Å². The fraction of sp³-hybridized carbons (Fsp3) is 0.528. The number of hydrogen-bond acceptors (Lipinski definition) is 13. The highest BCUT2D eigenvalue weighted by Crippen LogP contribution is 2.36. The van der Waals surface area contributed by atoms with Gasteiger partial charge in [-0.1, -0.05) is 18.2 Å². The maximum absolute atomic E-state index is 14.7. The van der Waals surface area contributed by atoms with E-state index >= 15 is 0 Å². The topological polar surface area (TPSA) is 226 Å². The van der Waals surface area contributed by atoms with Gasteiger partial charge in [0.15, 0.2) is 9.84 Å². The molecule has 5 rings (SSSR count). The third-order valence-corrected chi connectivity index (χ3v) is 12.8. The molecule has 3 aliphatic rings. The molecule has 3 N–H and O–H groups in total. The minimum absolute atomic E-state index is 0.170. The van der Waals surface area contributed by atoms with E-state index in [0.717, 1.165) is 16.5 Å². The molecule has 5 atom stereocenters. The zero-order valence-corrected chi connectivity index (χ0v) is 33.3. The van der Waals surface area contributed by atoms with Crippen LogP contribution in [0.4, 0.5) is 4.79 Å². The number of carbonyl (C=O) groups excluding carboxylic acids is 4. The first-order valence-electron chi connectivity index (χ1n) is 17.5. The second-order valence-corrected chi connectivity index (χ2v) is 19.2. The zero-order valence-electron chi connectivity index (χ0n) is 31.7. The Morgan fingerprint density at radius 1 is 1.05 bits per heavy atom. The average Bonchev–Trinajstić information content (AvgIpc) is 3.77. The highest BCUT2D eigenvalue weighted by atomic mass is 32.2. The van der Waals surface area contributed by atoms with E-state index in [1.54, 1.807) is 45.0 Å². The van der Waals surface area contributed by atoms with Crippen LogP contribution in [0.25, 0.3) is 10.8 Å². The molecule has 17 nitrogen and oxygen atoms in total. The predicted octanol–water partition coefficient (Wildman–Crippen LogP) is 2.08. The number of alkyl carbamates (subject to hydrolysis) is 1. The molecule has 300 valence electrons. The van der Waals surface area contributed by atoms with Gasteiger partial charge in [-0.05, 0) is 77.1 Å². The maximum Gasteiger partial charge on any atom is 0.408 e. The molecule has 2 aromatic rings. The van der Waals surface area contributed by atoms with Crippen molar-refractivity contribution in [3.05, 3.63) is 55.3 Å². The van der Waals surface area contributed by atoms with Gasteiger partial charge in [-0.3, -0.25) is 18.6 Å². The Labute approximate surface area is 320 Å². The molecule has 1 aromatic carbocycles. The van der Waals surface area contributed by atoms with Crippen molar-refractivity contribution >= 4 is 54.7 Å². The van der Waals surface area contributed by atoms with Crippen molar-refractivity contribution < 1.29 is 54.4 Å². The Hall–Kier alpha value is -4.75. The molecule has 19 heteroatoms. The minimum atomic E-state index is -4.55. The van der Waals surface area contributed by atoms with Crippen LogP contribution in [0.5, 0.6) is 11.6 Å². The molecule has 1 aliphatic heterocycles. The summed E-state index contributed by atoms with van der Waals surface area (Å²) in [6.07, 6.45) is 4.84. The third-order valence-electron chi connectivity index (χ3n) is 9.68. The van der Waals surface area contributed by atoms with Crippen molar-refractivity contribution in [2.24, 2.45) is 5.92 Å². The lowest BCUT2D eigenvalue weighted by Gasteiger charge is -2.42. The summed E-state index contributed by atoms with van der Waals surface area (Å²) in [6, 6.07) is 3.74. The summed E-state index contributed by atoms with van der Waals surface area (Å²) in [5, 5.41) is 6.34. The number of benzene rings is 1. The van der Waals surface area contributed by atoms with Crippen molar-refractivity contribution in [1.82, 2.24) is 25.2 Å². The number of methoxy groups -OCH3 is 1. The Balaban J connectivity index is 1.51. The van der Waals surface area contributed by atoms with Gasteiger partial charge >= 0.3 is 16.4 Å². The van der Waals surface area contributed by atoms with E-state index in [1.165, 1.54) is 45.4 Å². The van der Waals surface area contributed by atoms with Crippen LogP contribution in [0, 0.1) is 5.92 Å². The fourth-order valence-electron chi connectivity index (χ4n) is 6.15. The summed E-state index contributed by atoms with van der Waals surface area (Å²) in [6.45, 7) is 10.7. The summed E-state index contributed by atoms with van der Waals surface area (Å²) in [4.78, 5) is 61.2. The molecule has 2 fully saturated rings.